The molecule has 0 radical (unpaired) electrons. The number of aromatic nitrogens is 3. The van der Waals surface area contributed by atoms with E-state index in [1.807, 2.05) is 11.0 Å². The lowest BCUT2D eigenvalue weighted by atomic mass is 10.0. The fourth-order valence-electron chi connectivity index (χ4n) is 5.25. The molecule has 11 nitrogen and oxygen atoms in total. The molecule has 3 heterocycles. The topological polar surface area (TPSA) is 139 Å². The van der Waals surface area contributed by atoms with Gasteiger partial charge in [-0.3, -0.25) is 4.79 Å². The van der Waals surface area contributed by atoms with Crippen molar-refractivity contribution in [3.63, 3.8) is 0 Å². The number of amides is 1. The fourth-order valence-corrected chi connectivity index (χ4v) is 6.13. The van der Waals surface area contributed by atoms with Gasteiger partial charge in [-0.05, 0) is 54.1 Å². The normalized spacial score (nSPS) is 17.1. The first kappa shape index (κ1) is 32.5. The minimum absolute atomic E-state index is 0.0223. The summed E-state index contributed by atoms with van der Waals surface area (Å²) in [6.07, 6.45) is 5.11. The van der Waals surface area contributed by atoms with E-state index in [9.17, 15) is 27.3 Å². The van der Waals surface area contributed by atoms with E-state index in [1.165, 1.54) is 12.1 Å². The Hall–Kier alpha value is -4.87. The summed E-state index contributed by atoms with van der Waals surface area (Å²) in [4.78, 5) is 19.6. The number of hydrogen-bond acceptors (Lipinski definition) is 9. The molecule has 46 heavy (non-hydrogen) atoms. The number of anilines is 1. The minimum Gasteiger partial charge on any atom is -0.472 e. The molecule has 1 N–H and O–H groups in total. The Morgan fingerprint density at radius 1 is 1.11 bits per heavy atom. The zero-order chi connectivity index (χ0) is 32.7. The highest BCUT2D eigenvalue weighted by atomic mass is 32.2. The van der Waals surface area contributed by atoms with E-state index in [2.05, 4.69) is 26.2 Å². The number of sulfone groups is 1. The highest BCUT2D eigenvalue weighted by Crippen LogP contribution is 2.29. The van der Waals surface area contributed by atoms with Crippen LogP contribution in [0.3, 0.4) is 0 Å². The molecule has 240 valence electrons. The molecule has 1 saturated heterocycles. The Morgan fingerprint density at radius 3 is 2.46 bits per heavy atom. The molecular formula is C32H32F2N6O5S. The highest BCUT2D eigenvalue weighted by Gasteiger charge is 2.35. The molecule has 4 aromatic rings. The molecule has 1 aliphatic heterocycles. The molecule has 5 rings (SSSR count). The summed E-state index contributed by atoms with van der Waals surface area (Å²) in [5, 5.41) is 16.4. The molecule has 1 aliphatic rings. The molecule has 0 spiro atoms. The first-order valence-corrected chi connectivity index (χ1v) is 16.2. The third kappa shape index (κ3) is 7.85. The SMILES string of the molecule is CCS(=O)(=O)c1ccc([C@H](CC#N)NC(=O)c2ccc(N3C[C@@H](Oc4ccc(-n5cccn5)cn4)CC3COC(F)F)cc2)cc1. The van der Waals surface area contributed by atoms with Gasteiger partial charge in [0.25, 0.3) is 5.91 Å². The molecule has 0 bridgehead atoms. The Balaban J connectivity index is 1.26. The number of rotatable bonds is 13. The summed E-state index contributed by atoms with van der Waals surface area (Å²) in [5.41, 5.74) is 2.37. The predicted octanol–water partition coefficient (Wildman–Crippen LogP) is 4.71. The van der Waals surface area contributed by atoms with Crippen molar-refractivity contribution in [2.75, 3.05) is 23.8 Å². The summed E-state index contributed by atoms with van der Waals surface area (Å²) in [7, 11) is -3.39. The second kappa shape index (κ2) is 14.5. The highest BCUT2D eigenvalue weighted by molar-refractivity contribution is 7.91. The smallest absolute Gasteiger partial charge is 0.345 e. The number of nitriles is 1. The van der Waals surface area contributed by atoms with Crippen LogP contribution in [0, 0.1) is 11.3 Å². The number of carbonyl (C=O) groups is 1. The van der Waals surface area contributed by atoms with Crippen LogP contribution in [0.2, 0.25) is 0 Å². The van der Waals surface area contributed by atoms with Gasteiger partial charge >= 0.3 is 6.61 Å². The number of benzene rings is 2. The number of nitrogens with one attached hydrogen (secondary N) is 1. The summed E-state index contributed by atoms with van der Waals surface area (Å²) in [6.45, 7) is -1.21. The van der Waals surface area contributed by atoms with Gasteiger partial charge in [-0.1, -0.05) is 19.1 Å². The monoisotopic (exact) mass is 650 g/mol. The van der Waals surface area contributed by atoms with E-state index in [0.717, 1.165) is 5.69 Å². The molecular weight excluding hydrogens is 618 g/mol. The Labute approximate surface area is 265 Å². The third-order valence-electron chi connectivity index (χ3n) is 7.65. The zero-order valence-electron chi connectivity index (χ0n) is 24.9. The van der Waals surface area contributed by atoms with Gasteiger partial charge in [0.2, 0.25) is 5.88 Å². The van der Waals surface area contributed by atoms with Gasteiger partial charge in [0.15, 0.2) is 9.84 Å². The number of ether oxygens (including phenoxy) is 2. The lowest BCUT2D eigenvalue weighted by Crippen LogP contribution is -2.34. The van der Waals surface area contributed by atoms with E-state index in [1.54, 1.807) is 78.7 Å². The number of pyridine rings is 1. The first-order valence-electron chi connectivity index (χ1n) is 14.6. The maximum Gasteiger partial charge on any atom is 0.345 e. The van der Waals surface area contributed by atoms with Crippen molar-refractivity contribution in [2.24, 2.45) is 0 Å². The van der Waals surface area contributed by atoms with Crippen molar-refractivity contribution >= 4 is 21.4 Å². The van der Waals surface area contributed by atoms with E-state index in [4.69, 9.17) is 4.74 Å². The Morgan fingerprint density at radius 2 is 1.85 bits per heavy atom. The van der Waals surface area contributed by atoms with Crippen molar-refractivity contribution in [3.05, 3.63) is 96.4 Å². The van der Waals surface area contributed by atoms with Crippen LogP contribution in [0.25, 0.3) is 5.69 Å². The maximum absolute atomic E-state index is 13.1. The van der Waals surface area contributed by atoms with Crippen LogP contribution in [0.1, 0.15) is 41.7 Å². The standard InChI is InChI=1S/C32H32F2N6O5S/c1-2-46(42,43)28-11-6-22(7-12-28)29(14-15-35)38-31(41)23-4-8-24(9-5-23)39-20-27(18-26(39)21-44-32(33)34)45-30-13-10-25(19-36-30)40-17-3-16-37-40/h3-13,16-17,19,26-27,29,32H,2,14,18,20-21H2,1H3,(H,38,41)/t26?,27-,29-/m0/s1. The quantitative estimate of drug-likeness (QED) is 0.218. The molecule has 1 unspecified atom stereocenters. The first-order chi connectivity index (χ1) is 22.2. The Bertz CT molecular complexity index is 1750. The van der Waals surface area contributed by atoms with Crippen LogP contribution in [-0.2, 0) is 14.6 Å². The van der Waals surface area contributed by atoms with Crippen LogP contribution in [-0.4, -0.2) is 66.8 Å². The van der Waals surface area contributed by atoms with Gasteiger partial charge in [-0.25, -0.2) is 18.1 Å². The summed E-state index contributed by atoms with van der Waals surface area (Å²) >= 11 is 0. The van der Waals surface area contributed by atoms with E-state index < -0.39 is 34.4 Å². The van der Waals surface area contributed by atoms with E-state index >= 15 is 0 Å². The molecule has 1 fully saturated rings. The predicted molar refractivity (Wildman–Crippen MR) is 165 cm³/mol. The number of carbonyl (C=O) groups excluding carboxylic acids is 1. The minimum atomic E-state index is -3.39. The molecule has 1 amide bonds. The lowest BCUT2D eigenvalue weighted by molar-refractivity contribution is -0.131. The average molecular weight is 651 g/mol. The summed E-state index contributed by atoms with van der Waals surface area (Å²) in [6, 6.07) is 19.1. The second-order valence-corrected chi connectivity index (χ2v) is 12.9. The molecule has 14 heteroatoms. The van der Waals surface area contributed by atoms with Crippen LogP contribution in [0.4, 0.5) is 14.5 Å². The fraction of sp³-hybridized carbons (Fsp3) is 0.312. The van der Waals surface area contributed by atoms with Crippen LogP contribution < -0.4 is 15.0 Å². The zero-order valence-corrected chi connectivity index (χ0v) is 25.7. The number of nitrogens with zero attached hydrogens (tertiary/aromatic N) is 5. The summed E-state index contributed by atoms with van der Waals surface area (Å²) < 4.78 is 62.6. The van der Waals surface area contributed by atoms with Crippen LogP contribution >= 0.6 is 0 Å². The average Bonchev–Trinajstić information content (AvgIpc) is 3.75. The maximum atomic E-state index is 13.1. The van der Waals surface area contributed by atoms with Crippen molar-refractivity contribution in [3.8, 4) is 17.6 Å². The van der Waals surface area contributed by atoms with Crippen molar-refractivity contribution in [2.45, 2.75) is 49.5 Å². The van der Waals surface area contributed by atoms with Gasteiger partial charge < -0.3 is 19.7 Å². The Kier molecular flexibility index (Phi) is 10.2. The number of hydrogen-bond donors (Lipinski definition) is 1. The molecule has 2 aromatic carbocycles. The van der Waals surface area contributed by atoms with Gasteiger partial charge in [0.1, 0.15) is 6.10 Å². The van der Waals surface area contributed by atoms with Gasteiger partial charge in [-0.15, -0.1) is 0 Å². The van der Waals surface area contributed by atoms with Crippen LogP contribution in [0.5, 0.6) is 5.88 Å². The second-order valence-electron chi connectivity index (χ2n) is 10.6. The van der Waals surface area contributed by atoms with Gasteiger partial charge in [0, 0.05) is 36.1 Å². The van der Waals surface area contributed by atoms with Gasteiger partial charge in [0.05, 0.1) is 60.3 Å². The largest absolute Gasteiger partial charge is 0.472 e. The van der Waals surface area contributed by atoms with Crippen LogP contribution in [0.15, 0.2) is 90.2 Å². The van der Waals surface area contributed by atoms with E-state index in [-0.39, 0.29) is 29.8 Å². The van der Waals surface area contributed by atoms with Crippen molar-refractivity contribution < 1.29 is 31.5 Å². The summed E-state index contributed by atoms with van der Waals surface area (Å²) in [5.74, 6) is -0.0803. The molecule has 0 saturated carbocycles. The molecule has 3 atom stereocenters. The molecule has 0 aliphatic carbocycles. The number of halogens is 2. The van der Waals surface area contributed by atoms with Crippen molar-refractivity contribution in [1.82, 2.24) is 20.1 Å². The number of alkyl halides is 2. The third-order valence-corrected chi connectivity index (χ3v) is 9.40. The van der Waals surface area contributed by atoms with Gasteiger partial charge in [-0.2, -0.15) is 19.1 Å². The van der Waals surface area contributed by atoms with E-state index in [0.29, 0.717) is 35.7 Å². The lowest BCUT2D eigenvalue weighted by Gasteiger charge is -2.26. The molecule has 2 aromatic heterocycles. The van der Waals surface area contributed by atoms with Crippen molar-refractivity contribution in [1.29, 1.82) is 5.26 Å².